The number of aliphatic imine (C=N–C) groups is 1. The van der Waals surface area contributed by atoms with Crippen molar-refractivity contribution in [1.29, 1.82) is 0 Å². The van der Waals surface area contributed by atoms with E-state index in [9.17, 15) is 0 Å². The maximum Gasteiger partial charge on any atom is 0.228 e. The fraction of sp³-hybridized carbons (Fsp3) is 0.526. The highest BCUT2D eigenvalue weighted by atomic mass is 35.5. The molecule has 0 spiro atoms. The summed E-state index contributed by atoms with van der Waals surface area (Å²) in [4.78, 5) is 10.9. The Kier molecular flexibility index (Phi) is 7.39. The summed E-state index contributed by atoms with van der Waals surface area (Å²) >= 11 is 12.0. The fourth-order valence-electron chi connectivity index (χ4n) is 3.19. The Balaban J connectivity index is 1.40. The van der Waals surface area contributed by atoms with Crippen molar-refractivity contribution in [2.75, 3.05) is 33.3 Å². The minimum absolute atomic E-state index is 0.494. The van der Waals surface area contributed by atoms with Crippen LogP contribution in [0.3, 0.4) is 0 Å². The molecule has 1 aromatic heterocycles. The predicted molar refractivity (Wildman–Crippen MR) is 110 cm³/mol. The van der Waals surface area contributed by atoms with Crippen LogP contribution in [0.5, 0.6) is 5.75 Å². The number of piperidine rings is 1. The first kappa shape index (κ1) is 20.7. The molecule has 1 fully saturated rings. The quantitative estimate of drug-likeness (QED) is 0.562. The van der Waals surface area contributed by atoms with Crippen molar-refractivity contribution in [3.8, 4) is 5.75 Å². The zero-order chi connectivity index (χ0) is 19.9. The molecule has 9 heteroatoms. The topological polar surface area (TPSA) is 75.8 Å². The molecule has 0 unspecified atom stereocenters. The van der Waals surface area contributed by atoms with Crippen molar-refractivity contribution < 1.29 is 9.26 Å². The smallest absolute Gasteiger partial charge is 0.228 e. The highest BCUT2D eigenvalue weighted by molar-refractivity contribution is 6.34. The second-order valence-corrected chi connectivity index (χ2v) is 7.68. The van der Waals surface area contributed by atoms with Crippen molar-refractivity contribution in [3.63, 3.8) is 0 Å². The molecule has 7 nitrogen and oxygen atoms in total. The minimum Gasteiger partial charge on any atom is -0.493 e. The minimum atomic E-state index is 0.494. The van der Waals surface area contributed by atoms with Crippen molar-refractivity contribution in [2.45, 2.75) is 26.2 Å². The Labute approximate surface area is 175 Å². The normalized spacial score (nSPS) is 15.7. The van der Waals surface area contributed by atoms with Gasteiger partial charge < -0.3 is 19.5 Å². The summed E-state index contributed by atoms with van der Waals surface area (Å²) in [7, 11) is 1.80. The van der Waals surface area contributed by atoms with Gasteiger partial charge in [0.25, 0.3) is 0 Å². The highest BCUT2D eigenvalue weighted by Gasteiger charge is 2.22. The standard InChI is InChI=1S/C19H25Cl2N5O2/c1-13-24-18(28-25-13)3-6-23-19(22-2)26-7-4-14(5-8-26)12-27-17-10-15(20)9-16(21)11-17/h9-11,14H,3-8,12H2,1-2H3,(H,22,23). The van der Waals surface area contributed by atoms with Gasteiger partial charge in [-0.25, -0.2) is 0 Å². The Bertz CT molecular complexity index is 783. The van der Waals surface area contributed by atoms with E-state index in [1.165, 1.54) is 0 Å². The van der Waals surface area contributed by atoms with Crippen LogP contribution in [0, 0.1) is 12.8 Å². The van der Waals surface area contributed by atoms with Crippen molar-refractivity contribution in [1.82, 2.24) is 20.4 Å². The van der Waals surface area contributed by atoms with Crippen LogP contribution >= 0.6 is 23.2 Å². The maximum absolute atomic E-state index is 6.02. The van der Waals surface area contributed by atoms with Crippen LogP contribution in [0.2, 0.25) is 10.0 Å². The number of halogens is 2. The summed E-state index contributed by atoms with van der Waals surface area (Å²) < 4.78 is 11.0. The van der Waals surface area contributed by atoms with E-state index >= 15 is 0 Å². The molecule has 0 amide bonds. The molecule has 0 radical (unpaired) electrons. The van der Waals surface area contributed by atoms with Crippen LogP contribution in [-0.4, -0.2) is 54.3 Å². The predicted octanol–water partition coefficient (Wildman–Crippen LogP) is 3.59. The molecular weight excluding hydrogens is 401 g/mol. The van der Waals surface area contributed by atoms with Crippen LogP contribution in [0.15, 0.2) is 27.7 Å². The van der Waals surface area contributed by atoms with Crippen LogP contribution < -0.4 is 10.1 Å². The molecule has 1 saturated heterocycles. The number of benzene rings is 1. The summed E-state index contributed by atoms with van der Waals surface area (Å²) in [5, 5.41) is 8.34. The van der Waals surface area contributed by atoms with E-state index in [-0.39, 0.29) is 0 Å². The summed E-state index contributed by atoms with van der Waals surface area (Å²) in [6.45, 7) is 5.04. The molecule has 28 heavy (non-hydrogen) atoms. The molecule has 0 saturated carbocycles. The Morgan fingerprint density at radius 1 is 1.29 bits per heavy atom. The molecule has 2 aromatic rings. The molecule has 1 N–H and O–H groups in total. The molecule has 1 aromatic carbocycles. The van der Waals surface area contributed by atoms with E-state index < -0.39 is 0 Å². The van der Waals surface area contributed by atoms with Gasteiger partial charge in [-0.15, -0.1) is 0 Å². The molecule has 0 atom stereocenters. The van der Waals surface area contributed by atoms with Gasteiger partial charge in [-0.1, -0.05) is 28.4 Å². The molecular formula is C19H25Cl2N5O2. The lowest BCUT2D eigenvalue weighted by atomic mass is 9.98. The van der Waals surface area contributed by atoms with Gasteiger partial charge in [0.2, 0.25) is 5.89 Å². The zero-order valence-electron chi connectivity index (χ0n) is 16.1. The average molecular weight is 426 g/mol. The van der Waals surface area contributed by atoms with Gasteiger partial charge in [-0.05, 0) is 43.9 Å². The summed E-state index contributed by atoms with van der Waals surface area (Å²) in [6, 6.07) is 5.28. The van der Waals surface area contributed by atoms with E-state index in [1.807, 2.05) is 6.92 Å². The lowest BCUT2D eigenvalue weighted by Crippen LogP contribution is -2.46. The van der Waals surface area contributed by atoms with Gasteiger partial charge in [0.15, 0.2) is 11.8 Å². The van der Waals surface area contributed by atoms with Gasteiger partial charge in [-0.3, -0.25) is 4.99 Å². The van der Waals surface area contributed by atoms with Crippen molar-refractivity contribution in [2.24, 2.45) is 10.9 Å². The first-order chi connectivity index (χ1) is 13.5. The summed E-state index contributed by atoms with van der Waals surface area (Å²) in [5.41, 5.74) is 0. The number of rotatable bonds is 6. The van der Waals surface area contributed by atoms with Crippen LogP contribution in [0.1, 0.15) is 24.6 Å². The third-order valence-corrected chi connectivity index (χ3v) is 5.08. The summed E-state index contributed by atoms with van der Waals surface area (Å²) in [5.74, 6) is 3.40. The second-order valence-electron chi connectivity index (χ2n) is 6.81. The zero-order valence-corrected chi connectivity index (χ0v) is 17.6. The molecule has 152 valence electrons. The second kappa shape index (κ2) is 9.98. The third kappa shape index (κ3) is 6.01. The van der Waals surface area contributed by atoms with Gasteiger partial charge in [0, 0.05) is 43.1 Å². The van der Waals surface area contributed by atoms with Crippen LogP contribution in [-0.2, 0) is 6.42 Å². The number of nitrogens with zero attached hydrogens (tertiary/aromatic N) is 4. The van der Waals surface area contributed by atoms with Crippen molar-refractivity contribution in [3.05, 3.63) is 40.0 Å². The fourth-order valence-corrected chi connectivity index (χ4v) is 3.70. The van der Waals surface area contributed by atoms with Crippen molar-refractivity contribution >= 4 is 29.2 Å². The number of aromatic nitrogens is 2. The van der Waals surface area contributed by atoms with Gasteiger partial charge >= 0.3 is 0 Å². The van der Waals surface area contributed by atoms with Crippen LogP contribution in [0.25, 0.3) is 0 Å². The van der Waals surface area contributed by atoms with Gasteiger partial charge in [-0.2, -0.15) is 4.98 Å². The number of hydrogen-bond acceptors (Lipinski definition) is 5. The van der Waals surface area contributed by atoms with Gasteiger partial charge in [0.05, 0.1) is 6.61 Å². The molecule has 1 aliphatic rings. The Morgan fingerprint density at radius 2 is 2.00 bits per heavy atom. The Morgan fingerprint density at radius 3 is 2.61 bits per heavy atom. The SMILES string of the molecule is CN=C(NCCc1nc(C)no1)N1CCC(COc2cc(Cl)cc(Cl)c2)CC1. The summed E-state index contributed by atoms with van der Waals surface area (Å²) in [6.07, 6.45) is 2.75. The molecule has 0 aliphatic carbocycles. The van der Waals surface area contributed by atoms with E-state index in [1.54, 1.807) is 25.2 Å². The monoisotopic (exact) mass is 425 g/mol. The van der Waals surface area contributed by atoms with E-state index in [0.717, 1.165) is 31.9 Å². The average Bonchev–Trinajstić information content (AvgIpc) is 3.08. The number of aryl methyl sites for hydroxylation is 1. The van der Waals surface area contributed by atoms with Gasteiger partial charge in [0.1, 0.15) is 5.75 Å². The molecule has 2 heterocycles. The number of ether oxygens (including phenoxy) is 1. The Hall–Kier alpha value is -1.99. The lowest BCUT2D eigenvalue weighted by Gasteiger charge is -2.34. The molecule has 0 bridgehead atoms. The van der Waals surface area contributed by atoms with Crippen LogP contribution in [0.4, 0.5) is 0 Å². The van der Waals surface area contributed by atoms with E-state index in [0.29, 0.717) is 53.0 Å². The first-order valence-corrected chi connectivity index (χ1v) is 10.1. The third-order valence-electron chi connectivity index (χ3n) is 4.64. The van der Waals surface area contributed by atoms with E-state index in [2.05, 4.69) is 25.3 Å². The maximum atomic E-state index is 6.02. The molecule has 3 rings (SSSR count). The lowest BCUT2D eigenvalue weighted by molar-refractivity contribution is 0.179. The van der Waals surface area contributed by atoms with E-state index in [4.69, 9.17) is 32.5 Å². The highest BCUT2D eigenvalue weighted by Crippen LogP contribution is 2.26. The largest absolute Gasteiger partial charge is 0.493 e. The number of hydrogen-bond donors (Lipinski definition) is 1. The number of guanidine groups is 1. The molecule has 1 aliphatic heterocycles. The first-order valence-electron chi connectivity index (χ1n) is 9.37. The number of nitrogens with one attached hydrogen (secondary N) is 1. The number of likely N-dealkylation sites (tertiary alicyclic amines) is 1.